The lowest BCUT2D eigenvalue weighted by molar-refractivity contribution is 0.0290. The van der Waals surface area contributed by atoms with Crippen LogP contribution in [0.2, 0.25) is 0 Å². The quantitative estimate of drug-likeness (QED) is 0.660. The lowest BCUT2D eigenvalue weighted by atomic mass is 9.78. The molecule has 0 bridgehead atoms. The molecule has 0 amide bonds. The molecule has 1 saturated heterocycles. The summed E-state index contributed by atoms with van der Waals surface area (Å²) in [7, 11) is -0.386. The van der Waals surface area contributed by atoms with Crippen molar-refractivity contribution in [3.8, 4) is 11.5 Å². The summed E-state index contributed by atoms with van der Waals surface area (Å²) in [6, 6.07) is 15.1. The Morgan fingerprint density at radius 3 is 2.44 bits per heavy atom. The standard InChI is InChI=1S/C24H32N2O5S/c1-29-16-15-26-18-24(19-31-22-5-3-4-6-23(22)32(26,27)28)11-13-25(14-12-24)17-20-7-9-21(30-2)10-8-20/h3-10H,11-19H2,1-2H3. The Bertz CT molecular complexity index is 1000. The van der Waals surface area contributed by atoms with Gasteiger partial charge in [0.1, 0.15) is 16.4 Å². The number of methoxy groups -OCH3 is 2. The van der Waals surface area contributed by atoms with Crippen molar-refractivity contribution in [3.05, 3.63) is 54.1 Å². The van der Waals surface area contributed by atoms with Gasteiger partial charge in [0, 0.05) is 32.2 Å². The summed E-state index contributed by atoms with van der Waals surface area (Å²) < 4.78 is 45.1. The Morgan fingerprint density at radius 2 is 1.75 bits per heavy atom. The van der Waals surface area contributed by atoms with Gasteiger partial charge in [-0.2, -0.15) is 4.31 Å². The molecule has 8 heteroatoms. The van der Waals surface area contributed by atoms with Crippen molar-refractivity contribution in [2.45, 2.75) is 24.3 Å². The van der Waals surface area contributed by atoms with Gasteiger partial charge in [0.05, 0.1) is 20.3 Å². The maximum absolute atomic E-state index is 13.4. The van der Waals surface area contributed by atoms with E-state index in [4.69, 9.17) is 14.2 Å². The molecule has 1 fully saturated rings. The summed E-state index contributed by atoms with van der Waals surface area (Å²) in [4.78, 5) is 2.66. The molecule has 1 spiro atoms. The van der Waals surface area contributed by atoms with E-state index in [0.717, 1.165) is 38.2 Å². The van der Waals surface area contributed by atoms with E-state index in [1.165, 1.54) is 5.56 Å². The number of hydrogen-bond acceptors (Lipinski definition) is 6. The molecule has 4 rings (SSSR count). The van der Waals surface area contributed by atoms with E-state index >= 15 is 0 Å². The van der Waals surface area contributed by atoms with Crippen LogP contribution in [0.15, 0.2) is 53.4 Å². The van der Waals surface area contributed by atoms with Gasteiger partial charge < -0.3 is 14.2 Å². The number of piperidine rings is 1. The number of hydrogen-bond donors (Lipinski definition) is 0. The van der Waals surface area contributed by atoms with Crippen molar-refractivity contribution >= 4 is 10.0 Å². The molecule has 0 aromatic heterocycles. The zero-order chi connectivity index (χ0) is 22.6. The van der Waals surface area contributed by atoms with Gasteiger partial charge in [0.2, 0.25) is 10.0 Å². The van der Waals surface area contributed by atoms with Gasteiger partial charge in [-0.3, -0.25) is 4.90 Å². The van der Waals surface area contributed by atoms with Crippen LogP contribution in [0.25, 0.3) is 0 Å². The highest BCUT2D eigenvalue weighted by Crippen LogP contribution is 2.39. The molecule has 2 heterocycles. The van der Waals surface area contributed by atoms with Crippen LogP contribution in [0.3, 0.4) is 0 Å². The van der Waals surface area contributed by atoms with Crippen molar-refractivity contribution in [1.29, 1.82) is 0 Å². The average Bonchev–Trinajstić information content (AvgIpc) is 2.82. The van der Waals surface area contributed by atoms with E-state index in [9.17, 15) is 8.42 Å². The highest BCUT2D eigenvalue weighted by atomic mass is 32.2. The normalized spacial score (nSPS) is 20.7. The SMILES string of the molecule is COCCN1CC2(CCN(Cc3ccc(OC)cc3)CC2)COc2ccccc2S1(=O)=O. The zero-order valence-electron chi connectivity index (χ0n) is 18.8. The minimum absolute atomic E-state index is 0.218. The Hall–Kier alpha value is -2.13. The monoisotopic (exact) mass is 460 g/mol. The number of benzene rings is 2. The van der Waals surface area contributed by atoms with Crippen LogP contribution in [-0.4, -0.2) is 71.2 Å². The van der Waals surface area contributed by atoms with Crippen LogP contribution in [0.1, 0.15) is 18.4 Å². The molecular formula is C24H32N2O5S. The number of rotatable bonds is 6. The second-order valence-electron chi connectivity index (χ2n) is 8.69. The van der Waals surface area contributed by atoms with E-state index in [1.54, 1.807) is 36.7 Å². The van der Waals surface area contributed by atoms with E-state index in [0.29, 0.717) is 32.1 Å². The number of fused-ring (bicyclic) bond motifs is 1. The molecule has 2 aromatic carbocycles. The van der Waals surface area contributed by atoms with E-state index in [-0.39, 0.29) is 10.3 Å². The fourth-order valence-corrected chi connectivity index (χ4v) is 6.20. The molecule has 0 radical (unpaired) electrons. The summed E-state index contributed by atoms with van der Waals surface area (Å²) in [5.41, 5.74) is 1.03. The number of likely N-dealkylation sites (tertiary alicyclic amines) is 1. The van der Waals surface area contributed by atoms with Gasteiger partial charge in [-0.1, -0.05) is 24.3 Å². The summed E-state index contributed by atoms with van der Waals surface area (Å²) in [5.74, 6) is 1.30. The Balaban J connectivity index is 1.50. The van der Waals surface area contributed by atoms with Crippen molar-refractivity contribution in [1.82, 2.24) is 9.21 Å². The predicted molar refractivity (Wildman–Crippen MR) is 123 cm³/mol. The molecule has 0 N–H and O–H groups in total. The van der Waals surface area contributed by atoms with Crippen LogP contribution < -0.4 is 9.47 Å². The Labute approximate surface area is 190 Å². The van der Waals surface area contributed by atoms with Gasteiger partial charge in [0.15, 0.2) is 0 Å². The first-order valence-corrected chi connectivity index (χ1v) is 12.5. The van der Waals surface area contributed by atoms with Crippen molar-refractivity contribution in [2.24, 2.45) is 5.41 Å². The number of sulfonamides is 1. The molecular weight excluding hydrogens is 428 g/mol. The summed E-state index contributed by atoms with van der Waals surface area (Å²) in [6.07, 6.45) is 1.76. The average molecular weight is 461 g/mol. The fourth-order valence-electron chi connectivity index (χ4n) is 4.53. The maximum atomic E-state index is 13.4. The first-order chi connectivity index (χ1) is 15.5. The topological polar surface area (TPSA) is 68.3 Å². The fraction of sp³-hybridized carbons (Fsp3) is 0.500. The van der Waals surface area contributed by atoms with Gasteiger partial charge in [-0.05, 0) is 55.8 Å². The third kappa shape index (κ3) is 4.93. The van der Waals surface area contributed by atoms with E-state index < -0.39 is 10.0 Å². The summed E-state index contributed by atoms with van der Waals surface area (Å²) >= 11 is 0. The minimum atomic E-state index is -3.66. The summed E-state index contributed by atoms with van der Waals surface area (Å²) in [5, 5.41) is 0. The second kappa shape index (κ2) is 9.79. The van der Waals surface area contributed by atoms with Gasteiger partial charge >= 0.3 is 0 Å². The largest absolute Gasteiger partial charge is 0.497 e. The van der Waals surface area contributed by atoms with Crippen LogP contribution in [0.5, 0.6) is 11.5 Å². The third-order valence-electron chi connectivity index (χ3n) is 6.54. The van der Waals surface area contributed by atoms with Crippen LogP contribution in [0.4, 0.5) is 0 Å². The van der Waals surface area contributed by atoms with Crippen LogP contribution >= 0.6 is 0 Å². The lowest BCUT2D eigenvalue weighted by Gasteiger charge is -2.45. The van der Waals surface area contributed by atoms with Gasteiger partial charge in [0.25, 0.3) is 0 Å². The molecule has 7 nitrogen and oxygen atoms in total. The van der Waals surface area contributed by atoms with Crippen LogP contribution in [0, 0.1) is 5.41 Å². The zero-order valence-corrected chi connectivity index (χ0v) is 19.6. The maximum Gasteiger partial charge on any atom is 0.246 e. The van der Waals surface area contributed by atoms with Crippen molar-refractivity contribution in [3.63, 3.8) is 0 Å². The molecule has 2 aliphatic rings. The van der Waals surface area contributed by atoms with E-state index in [2.05, 4.69) is 17.0 Å². The smallest absolute Gasteiger partial charge is 0.246 e. The molecule has 32 heavy (non-hydrogen) atoms. The first kappa shape index (κ1) is 23.0. The second-order valence-corrected chi connectivity index (χ2v) is 10.6. The molecule has 2 aliphatic heterocycles. The predicted octanol–water partition coefficient (Wildman–Crippen LogP) is 3.01. The minimum Gasteiger partial charge on any atom is -0.497 e. The highest BCUT2D eigenvalue weighted by Gasteiger charge is 2.42. The lowest BCUT2D eigenvalue weighted by Crippen LogP contribution is -2.51. The van der Waals surface area contributed by atoms with Gasteiger partial charge in [-0.15, -0.1) is 0 Å². The number of ether oxygens (including phenoxy) is 3. The number of nitrogens with zero attached hydrogens (tertiary/aromatic N) is 2. The molecule has 0 saturated carbocycles. The van der Waals surface area contributed by atoms with Crippen LogP contribution in [-0.2, 0) is 21.3 Å². The summed E-state index contributed by atoms with van der Waals surface area (Å²) in [6.45, 7) is 4.33. The highest BCUT2D eigenvalue weighted by molar-refractivity contribution is 7.89. The molecule has 0 atom stereocenters. The third-order valence-corrected chi connectivity index (χ3v) is 8.42. The van der Waals surface area contributed by atoms with Gasteiger partial charge in [-0.25, -0.2) is 8.42 Å². The molecule has 0 unspecified atom stereocenters. The number of para-hydroxylation sites is 1. The first-order valence-electron chi connectivity index (χ1n) is 11.0. The molecule has 2 aromatic rings. The Morgan fingerprint density at radius 1 is 1.03 bits per heavy atom. The van der Waals surface area contributed by atoms with E-state index in [1.807, 2.05) is 18.2 Å². The van der Waals surface area contributed by atoms with Crippen molar-refractivity contribution in [2.75, 3.05) is 53.6 Å². The Kier molecular flexibility index (Phi) is 7.05. The molecule has 174 valence electrons. The molecule has 0 aliphatic carbocycles. The van der Waals surface area contributed by atoms with Crippen molar-refractivity contribution < 1.29 is 22.6 Å².